The largest absolute Gasteiger partial charge is 0.619 e. The van der Waals surface area contributed by atoms with Crippen molar-refractivity contribution in [3.05, 3.63) is 16.5 Å². The zero-order valence-electron chi connectivity index (χ0n) is 7.30. The molecule has 0 aromatic rings. The lowest BCUT2D eigenvalue weighted by atomic mass is 9.94. The fourth-order valence-corrected chi connectivity index (χ4v) is 1.54. The number of allylic oxidation sites excluding steroid dienone is 2. The summed E-state index contributed by atoms with van der Waals surface area (Å²) in [6.07, 6.45) is 3.42. The first-order chi connectivity index (χ1) is 5.63. The molecule has 12 heavy (non-hydrogen) atoms. The summed E-state index contributed by atoms with van der Waals surface area (Å²) in [6.45, 7) is 4.77. The van der Waals surface area contributed by atoms with Crippen LogP contribution in [0, 0.1) is 5.21 Å². The molecule has 1 aliphatic rings. The number of carbonyl (C=O) groups excluding carboxylic acids is 1. The van der Waals surface area contributed by atoms with Crippen LogP contribution in [0.1, 0.15) is 32.6 Å². The smallest absolute Gasteiger partial charge is 0.198 e. The number of hydroxylamine groups is 1. The highest BCUT2D eigenvalue weighted by atomic mass is 16.5. The standard InChI is InChI=1S/C9H13NO2/c1-7(11)8-5-3-4-6-9(8)10(2)12/h2-6H2,1H3. The van der Waals surface area contributed by atoms with Crippen molar-refractivity contribution in [1.29, 1.82) is 0 Å². The normalized spacial score (nSPS) is 17.8. The summed E-state index contributed by atoms with van der Waals surface area (Å²) < 4.78 is 0.579. The number of nitrogens with zero attached hydrogens (tertiary/aromatic N) is 1. The second-order valence-corrected chi connectivity index (χ2v) is 3.07. The predicted molar refractivity (Wildman–Crippen MR) is 46.9 cm³/mol. The lowest BCUT2D eigenvalue weighted by Gasteiger charge is -2.15. The van der Waals surface area contributed by atoms with E-state index in [4.69, 9.17) is 0 Å². The van der Waals surface area contributed by atoms with Crippen LogP contribution in [0.4, 0.5) is 0 Å². The Balaban J connectivity index is 2.99. The molecule has 0 atom stereocenters. The number of hydrogen-bond acceptors (Lipinski definition) is 2. The van der Waals surface area contributed by atoms with Crippen molar-refractivity contribution in [2.45, 2.75) is 32.6 Å². The maximum atomic E-state index is 11.1. The molecule has 0 radical (unpaired) electrons. The second kappa shape index (κ2) is 3.52. The van der Waals surface area contributed by atoms with Crippen LogP contribution in [0.3, 0.4) is 0 Å². The Morgan fingerprint density at radius 2 is 2.08 bits per heavy atom. The number of Topliss-reactive ketones (excluding diaryl/α,β-unsaturated/α-hetero) is 1. The minimum Gasteiger partial charge on any atom is -0.619 e. The molecule has 66 valence electrons. The quantitative estimate of drug-likeness (QED) is 0.271. The van der Waals surface area contributed by atoms with E-state index in [1.54, 1.807) is 0 Å². The monoisotopic (exact) mass is 167 g/mol. The van der Waals surface area contributed by atoms with E-state index in [0.717, 1.165) is 19.3 Å². The molecular weight excluding hydrogens is 154 g/mol. The van der Waals surface area contributed by atoms with Gasteiger partial charge in [-0.05, 0) is 26.2 Å². The molecule has 3 heteroatoms. The Morgan fingerprint density at radius 1 is 1.50 bits per heavy atom. The molecule has 0 saturated heterocycles. The molecule has 0 bridgehead atoms. The summed E-state index contributed by atoms with van der Waals surface area (Å²) in [5, 5.41) is 10.9. The van der Waals surface area contributed by atoms with E-state index in [1.807, 2.05) is 0 Å². The maximum Gasteiger partial charge on any atom is 0.198 e. The number of carbonyl (C=O) groups is 1. The molecule has 0 heterocycles. The number of rotatable bonds is 2. The van der Waals surface area contributed by atoms with Crippen LogP contribution in [-0.2, 0) is 4.79 Å². The van der Waals surface area contributed by atoms with Crippen LogP contribution in [0.5, 0.6) is 0 Å². The highest BCUT2D eigenvalue weighted by Gasteiger charge is 2.21. The highest BCUT2D eigenvalue weighted by Crippen LogP contribution is 2.25. The Labute approximate surface area is 72.0 Å². The van der Waals surface area contributed by atoms with Crippen LogP contribution in [0.2, 0.25) is 0 Å². The van der Waals surface area contributed by atoms with E-state index in [1.165, 1.54) is 6.92 Å². The minimum atomic E-state index is 0.00852. The molecule has 0 amide bonds. The van der Waals surface area contributed by atoms with Crippen molar-refractivity contribution in [3.63, 3.8) is 0 Å². The summed E-state index contributed by atoms with van der Waals surface area (Å²) in [4.78, 5) is 11.1. The lowest BCUT2D eigenvalue weighted by Crippen LogP contribution is -2.13. The van der Waals surface area contributed by atoms with Crippen molar-refractivity contribution >= 4 is 12.5 Å². The van der Waals surface area contributed by atoms with E-state index in [9.17, 15) is 10.0 Å². The zero-order valence-corrected chi connectivity index (χ0v) is 7.30. The van der Waals surface area contributed by atoms with Gasteiger partial charge in [0.1, 0.15) is 6.72 Å². The Kier molecular flexibility index (Phi) is 2.63. The van der Waals surface area contributed by atoms with Crippen LogP contribution in [-0.4, -0.2) is 17.2 Å². The second-order valence-electron chi connectivity index (χ2n) is 3.07. The first-order valence-electron chi connectivity index (χ1n) is 4.13. The molecule has 0 aromatic carbocycles. The first kappa shape index (κ1) is 8.97. The van der Waals surface area contributed by atoms with E-state index >= 15 is 0 Å². The summed E-state index contributed by atoms with van der Waals surface area (Å²) >= 11 is 0. The van der Waals surface area contributed by atoms with Gasteiger partial charge in [0.05, 0.1) is 5.57 Å². The molecular formula is C9H13NO2. The van der Waals surface area contributed by atoms with Gasteiger partial charge in [-0.1, -0.05) is 0 Å². The third kappa shape index (κ3) is 1.72. The average molecular weight is 167 g/mol. The highest BCUT2D eigenvalue weighted by molar-refractivity contribution is 5.93. The molecule has 0 N–H and O–H groups in total. The van der Waals surface area contributed by atoms with Crippen molar-refractivity contribution in [2.24, 2.45) is 0 Å². The molecule has 3 nitrogen and oxygen atoms in total. The summed E-state index contributed by atoms with van der Waals surface area (Å²) in [5.74, 6) is 0.00852. The predicted octanol–water partition coefficient (Wildman–Crippen LogP) is 1.61. The van der Waals surface area contributed by atoms with Crippen LogP contribution in [0.25, 0.3) is 0 Å². The molecule has 0 spiro atoms. The number of ketones is 1. The number of hydrogen-bond donors (Lipinski definition) is 0. The van der Waals surface area contributed by atoms with Crippen LogP contribution < -0.4 is 0 Å². The van der Waals surface area contributed by atoms with E-state index in [-0.39, 0.29) is 5.78 Å². The van der Waals surface area contributed by atoms with Crippen LogP contribution >= 0.6 is 0 Å². The Morgan fingerprint density at radius 3 is 2.50 bits per heavy atom. The van der Waals surface area contributed by atoms with Gasteiger partial charge < -0.3 is 5.21 Å². The molecule has 0 aliphatic heterocycles. The third-order valence-corrected chi connectivity index (χ3v) is 2.16. The SMILES string of the molecule is C=[N+]([O-])C1=C(C(C)=O)CCCC1. The molecule has 0 aromatic heterocycles. The van der Waals surface area contributed by atoms with Crippen LogP contribution in [0.15, 0.2) is 11.3 Å². The molecule has 0 fully saturated rings. The molecule has 0 unspecified atom stereocenters. The Bertz CT molecular complexity index is 227. The summed E-state index contributed by atoms with van der Waals surface area (Å²) in [5.41, 5.74) is 1.25. The summed E-state index contributed by atoms with van der Waals surface area (Å²) in [6, 6.07) is 0. The van der Waals surface area contributed by atoms with Crippen molar-refractivity contribution in [2.75, 3.05) is 0 Å². The average Bonchev–Trinajstić information content (AvgIpc) is 2.04. The van der Waals surface area contributed by atoms with Gasteiger partial charge in [-0.25, -0.2) is 0 Å². The Hall–Kier alpha value is -1.12. The van der Waals surface area contributed by atoms with Crippen molar-refractivity contribution in [1.82, 2.24) is 0 Å². The molecule has 1 aliphatic carbocycles. The maximum absolute atomic E-state index is 11.1. The van der Waals surface area contributed by atoms with E-state index < -0.39 is 0 Å². The van der Waals surface area contributed by atoms with Gasteiger partial charge in [-0.2, -0.15) is 4.74 Å². The third-order valence-electron chi connectivity index (χ3n) is 2.16. The fourth-order valence-electron chi connectivity index (χ4n) is 1.54. The molecule has 0 saturated carbocycles. The van der Waals surface area contributed by atoms with Gasteiger partial charge in [0.2, 0.25) is 0 Å². The summed E-state index contributed by atoms with van der Waals surface area (Å²) in [7, 11) is 0. The topological polar surface area (TPSA) is 43.1 Å². The van der Waals surface area contributed by atoms with Gasteiger partial charge in [0.15, 0.2) is 11.5 Å². The minimum absolute atomic E-state index is 0.00852. The molecule has 1 rings (SSSR count). The lowest BCUT2D eigenvalue weighted by molar-refractivity contribution is -0.396. The fraction of sp³-hybridized carbons (Fsp3) is 0.556. The van der Waals surface area contributed by atoms with Gasteiger partial charge in [-0.3, -0.25) is 4.79 Å². The van der Waals surface area contributed by atoms with Gasteiger partial charge in [0, 0.05) is 6.42 Å². The van der Waals surface area contributed by atoms with Gasteiger partial charge in [-0.15, -0.1) is 0 Å². The van der Waals surface area contributed by atoms with Crippen molar-refractivity contribution < 1.29 is 9.53 Å². The van der Waals surface area contributed by atoms with E-state index in [2.05, 4.69) is 6.72 Å². The zero-order chi connectivity index (χ0) is 9.14. The van der Waals surface area contributed by atoms with Gasteiger partial charge >= 0.3 is 0 Å². The van der Waals surface area contributed by atoms with Gasteiger partial charge in [0.25, 0.3) is 0 Å². The van der Waals surface area contributed by atoms with Crippen molar-refractivity contribution in [3.8, 4) is 0 Å². The first-order valence-corrected chi connectivity index (χ1v) is 4.13. The van der Waals surface area contributed by atoms with E-state index in [0.29, 0.717) is 22.4 Å².